The van der Waals surface area contributed by atoms with Crippen LogP contribution in [-0.2, 0) is 11.2 Å². The minimum atomic E-state index is -2.53. The van der Waals surface area contributed by atoms with Crippen molar-refractivity contribution >= 4 is 5.91 Å². The second-order valence-corrected chi connectivity index (χ2v) is 8.66. The summed E-state index contributed by atoms with van der Waals surface area (Å²) in [4.78, 5) is 12.4. The number of hydrogen-bond acceptors (Lipinski definition) is 1. The first-order chi connectivity index (χ1) is 13.6. The Morgan fingerprint density at radius 3 is 2.59 bits per heavy atom. The van der Waals surface area contributed by atoms with Crippen LogP contribution < -0.4 is 5.32 Å². The molecule has 29 heavy (non-hydrogen) atoms. The van der Waals surface area contributed by atoms with Crippen molar-refractivity contribution in [1.29, 1.82) is 0 Å². The minimum Gasteiger partial charge on any atom is -0.352 e. The van der Waals surface area contributed by atoms with E-state index in [1.165, 1.54) is 12.1 Å². The summed E-state index contributed by atoms with van der Waals surface area (Å²) < 4.78 is 52.6. The van der Waals surface area contributed by atoms with Gasteiger partial charge in [0.2, 0.25) is 5.92 Å². The lowest BCUT2D eigenvalue weighted by molar-refractivity contribution is -0.118. The molecule has 1 fully saturated rings. The van der Waals surface area contributed by atoms with Crippen LogP contribution in [0.2, 0.25) is 0 Å². The molecule has 2 unspecified atom stereocenters. The van der Waals surface area contributed by atoms with E-state index in [0.29, 0.717) is 36.9 Å². The second-order valence-electron chi connectivity index (χ2n) is 8.66. The van der Waals surface area contributed by atoms with Crippen molar-refractivity contribution in [3.63, 3.8) is 0 Å². The molecule has 1 amide bonds. The molecule has 0 heterocycles. The van der Waals surface area contributed by atoms with Crippen molar-refractivity contribution in [3.05, 3.63) is 59.2 Å². The van der Waals surface area contributed by atoms with E-state index in [1.54, 1.807) is 6.08 Å². The van der Waals surface area contributed by atoms with Crippen LogP contribution in [0.1, 0.15) is 45.1 Å². The molecule has 1 aromatic carbocycles. The number of halogens is 4. The summed E-state index contributed by atoms with van der Waals surface area (Å²) in [5, 5.41) is 2.81. The van der Waals surface area contributed by atoms with Crippen LogP contribution in [-0.4, -0.2) is 18.4 Å². The van der Waals surface area contributed by atoms with Crippen molar-refractivity contribution in [3.8, 4) is 0 Å². The number of alkyl halides is 2. The molecule has 0 aliphatic heterocycles. The zero-order valence-electron chi connectivity index (χ0n) is 16.8. The van der Waals surface area contributed by atoms with E-state index in [2.05, 4.69) is 12.2 Å². The maximum atomic E-state index is 13.9. The monoisotopic (exact) mass is 409 g/mol. The Balaban J connectivity index is 1.50. The highest BCUT2D eigenvalue weighted by Gasteiger charge is 2.44. The first-order valence-electron chi connectivity index (χ1n) is 10.1. The van der Waals surface area contributed by atoms with Gasteiger partial charge < -0.3 is 5.32 Å². The van der Waals surface area contributed by atoms with Crippen LogP contribution in [0.5, 0.6) is 0 Å². The molecule has 1 N–H and O–H groups in total. The molecule has 0 aromatic heterocycles. The average molecular weight is 409 g/mol. The van der Waals surface area contributed by atoms with Gasteiger partial charge in [-0.15, -0.1) is 0 Å². The van der Waals surface area contributed by atoms with Crippen molar-refractivity contribution in [1.82, 2.24) is 5.32 Å². The third-order valence-corrected chi connectivity index (χ3v) is 6.34. The number of aryl methyl sites for hydroxylation is 1. The molecule has 158 valence electrons. The molecule has 2 aliphatic carbocycles. The Morgan fingerprint density at radius 2 is 1.97 bits per heavy atom. The number of carbonyl (C=O) groups is 1. The van der Waals surface area contributed by atoms with Crippen molar-refractivity contribution in [2.45, 2.75) is 51.9 Å². The molecule has 0 bridgehead atoms. The lowest BCUT2D eigenvalue weighted by Crippen LogP contribution is -2.38. The summed E-state index contributed by atoms with van der Waals surface area (Å²) in [6.07, 6.45) is 7.16. The smallest absolute Gasteiger partial charge is 0.250 e. The Morgan fingerprint density at radius 1 is 1.24 bits per heavy atom. The summed E-state index contributed by atoms with van der Waals surface area (Å²) in [5.74, 6) is -3.82. The first-order valence-corrected chi connectivity index (χ1v) is 10.1. The fraction of sp³-hybridized carbons (Fsp3) is 0.522. The molecule has 1 saturated carbocycles. The number of allylic oxidation sites excluding steroid dienone is 2. The van der Waals surface area contributed by atoms with Gasteiger partial charge in [0, 0.05) is 31.0 Å². The lowest BCUT2D eigenvalue weighted by atomic mass is 9.70. The molecule has 3 rings (SSSR count). The maximum absolute atomic E-state index is 13.9. The van der Waals surface area contributed by atoms with E-state index >= 15 is 0 Å². The van der Waals surface area contributed by atoms with Crippen LogP contribution in [0.25, 0.3) is 0 Å². The largest absolute Gasteiger partial charge is 0.352 e. The summed E-state index contributed by atoms with van der Waals surface area (Å²) in [5.41, 5.74) is 0.784. The highest BCUT2D eigenvalue weighted by atomic mass is 19.3. The summed E-state index contributed by atoms with van der Waals surface area (Å²) >= 11 is 0. The predicted octanol–water partition coefficient (Wildman–Crippen LogP) is 5.59. The maximum Gasteiger partial charge on any atom is 0.250 e. The second kappa shape index (κ2) is 8.33. The van der Waals surface area contributed by atoms with E-state index in [-0.39, 0.29) is 36.0 Å². The van der Waals surface area contributed by atoms with Gasteiger partial charge in [0.25, 0.3) is 5.91 Å². The van der Waals surface area contributed by atoms with Gasteiger partial charge >= 0.3 is 0 Å². The van der Waals surface area contributed by atoms with E-state index in [0.717, 1.165) is 6.07 Å². The molecule has 2 nitrogen and oxygen atoms in total. The van der Waals surface area contributed by atoms with Gasteiger partial charge in [-0.05, 0) is 48.1 Å². The highest BCUT2D eigenvalue weighted by molar-refractivity contribution is 5.96. The Kier molecular flexibility index (Phi) is 6.20. The van der Waals surface area contributed by atoms with Crippen LogP contribution in [0.4, 0.5) is 17.6 Å². The lowest BCUT2D eigenvalue weighted by Gasteiger charge is -2.35. The molecule has 2 atom stereocenters. The number of amides is 1. The quantitative estimate of drug-likeness (QED) is 0.585. The fourth-order valence-electron chi connectivity index (χ4n) is 4.02. The molecule has 2 aliphatic rings. The summed E-state index contributed by atoms with van der Waals surface area (Å²) in [6, 6.07) is 3.62. The van der Waals surface area contributed by atoms with Gasteiger partial charge in [-0.1, -0.05) is 38.1 Å². The van der Waals surface area contributed by atoms with Crippen LogP contribution in [0.15, 0.2) is 42.0 Å². The number of benzene rings is 1. The number of rotatable bonds is 7. The van der Waals surface area contributed by atoms with E-state index < -0.39 is 17.6 Å². The Bertz CT molecular complexity index is 824. The fourth-order valence-corrected chi connectivity index (χ4v) is 4.02. The third-order valence-electron chi connectivity index (χ3n) is 6.34. The van der Waals surface area contributed by atoms with Gasteiger partial charge in [0.1, 0.15) is 11.6 Å². The first kappa shape index (κ1) is 21.6. The normalized spacial score (nSPS) is 26.0. The van der Waals surface area contributed by atoms with E-state index in [1.807, 2.05) is 19.1 Å². The van der Waals surface area contributed by atoms with Gasteiger partial charge in [0.15, 0.2) is 0 Å². The van der Waals surface area contributed by atoms with Crippen LogP contribution in [0, 0.1) is 28.9 Å². The minimum absolute atomic E-state index is 0.0183. The molecule has 0 spiro atoms. The number of nitrogens with one attached hydrogen (secondary N) is 1. The van der Waals surface area contributed by atoms with Gasteiger partial charge in [-0.25, -0.2) is 17.6 Å². The van der Waals surface area contributed by atoms with Gasteiger partial charge in [-0.2, -0.15) is 0 Å². The van der Waals surface area contributed by atoms with Gasteiger partial charge in [-0.3, -0.25) is 4.79 Å². The predicted molar refractivity (Wildman–Crippen MR) is 104 cm³/mol. The van der Waals surface area contributed by atoms with Crippen LogP contribution in [0.3, 0.4) is 0 Å². The molecule has 1 aromatic rings. The number of hydrogen-bond donors (Lipinski definition) is 1. The Hall–Kier alpha value is -2.11. The van der Waals surface area contributed by atoms with E-state index in [4.69, 9.17) is 0 Å². The Labute approximate surface area is 169 Å². The van der Waals surface area contributed by atoms with Crippen molar-refractivity contribution in [2.75, 3.05) is 6.54 Å². The molecule has 0 radical (unpaired) electrons. The van der Waals surface area contributed by atoms with Gasteiger partial charge in [0.05, 0.1) is 0 Å². The summed E-state index contributed by atoms with van der Waals surface area (Å²) in [6.45, 7) is 4.45. The zero-order valence-corrected chi connectivity index (χ0v) is 16.8. The summed E-state index contributed by atoms with van der Waals surface area (Å²) in [7, 11) is 0. The average Bonchev–Trinajstić information content (AvgIpc) is 2.62. The molecular formula is C23H27F4NO. The third kappa shape index (κ3) is 5.28. The standard InChI is InChI=1S/C23H27F4NO/c1-15-11-18(21(29)28-10-7-16-13-23(26,27)14-16)6-9-22(15,2)8-5-17-3-4-19(24)12-20(17)25/h3-4,6,9,11-12,15-16H,5,7-8,10,13-14H2,1-2H3,(H,28,29). The molecular weight excluding hydrogens is 382 g/mol. The van der Waals surface area contributed by atoms with E-state index in [9.17, 15) is 22.4 Å². The highest BCUT2D eigenvalue weighted by Crippen LogP contribution is 2.44. The SMILES string of the molecule is CC1C=C(C(=O)NCCC2CC(F)(F)C2)C=CC1(C)CCc1ccc(F)cc1F. The number of carbonyl (C=O) groups excluding carboxylic acids is 1. The van der Waals surface area contributed by atoms with Crippen LogP contribution >= 0.6 is 0 Å². The molecule has 0 saturated heterocycles. The van der Waals surface area contributed by atoms with Crippen molar-refractivity contribution in [2.24, 2.45) is 17.3 Å². The topological polar surface area (TPSA) is 29.1 Å². The zero-order chi connectivity index (χ0) is 21.2. The molecule has 6 heteroatoms. The van der Waals surface area contributed by atoms with Crippen molar-refractivity contribution < 1.29 is 22.4 Å².